The van der Waals surface area contributed by atoms with Crippen LogP contribution in [0.5, 0.6) is 11.5 Å². The number of benzene rings is 3. The number of esters is 1. The van der Waals surface area contributed by atoms with Gasteiger partial charge in [-0.2, -0.15) is 0 Å². The van der Waals surface area contributed by atoms with Crippen LogP contribution in [0.4, 0.5) is 5.69 Å². The maximum atomic E-state index is 12.9. The highest BCUT2D eigenvalue weighted by Gasteiger charge is 2.19. The molecular weight excluding hydrogens is 605 g/mol. The highest BCUT2D eigenvalue weighted by Crippen LogP contribution is 2.35. The average Bonchev–Trinajstić information content (AvgIpc) is 3.02. The summed E-state index contributed by atoms with van der Waals surface area (Å²) in [6, 6.07) is 19.6. The second kappa shape index (κ2) is 15.2. The molecule has 0 fully saturated rings. The highest BCUT2D eigenvalue weighted by molar-refractivity contribution is 6.38. The number of nitrogens with one attached hydrogen (secondary N) is 1. The smallest absolute Gasteiger partial charge is 0.344 e. The Hall–Kier alpha value is -4.60. The summed E-state index contributed by atoms with van der Waals surface area (Å²) in [5, 5.41) is 4.17. The number of carbonyl (C=O) groups is 3. The van der Waals surface area contributed by atoms with Crippen molar-refractivity contribution in [3.8, 4) is 11.5 Å². The van der Waals surface area contributed by atoms with Gasteiger partial charge in [-0.1, -0.05) is 53.5 Å². The van der Waals surface area contributed by atoms with Gasteiger partial charge >= 0.3 is 5.97 Å². The van der Waals surface area contributed by atoms with E-state index < -0.39 is 11.9 Å². The lowest BCUT2D eigenvalue weighted by atomic mass is 10.1. The number of ether oxygens (including phenoxy) is 3. The molecule has 9 nitrogen and oxygen atoms in total. The number of rotatable bonds is 12. The van der Waals surface area contributed by atoms with Gasteiger partial charge in [-0.15, -0.1) is 0 Å². The predicted molar refractivity (Wildman–Crippen MR) is 171 cm³/mol. The topological polar surface area (TPSA) is 107 Å². The summed E-state index contributed by atoms with van der Waals surface area (Å²) in [5.74, 6) is -0.221. The van der Waals surface area contributed by atoms with Crippen LogP contribution < -0.4 is 19.7 Å². The molecule has 0 aliphatic rings. The van der Waals surface area contributed by atoms with Crippen LogP contribution in [0.25, 0.3) is 17.0 Å². The van der Waals surface area contributed by atoms with Gasteiger partial charge in [0.1, 0.15) is 23.6 Å². The Labute approximate surface area is 265 Å². The van der Waals surface area contributed by atoms with Crippen LogP contribution >= 0.6 is 23.2 Å². The van der Waals surface area contributed by atoms with Crippen molar-refractivity contribution in [3.05, 3.63) is 99.7 Å². The molecule has 0 bridgehead atoms. The lowest BCUT2D eigenvalue weighted by Crippen LogP contribution is -2.37. The molecule has 0 saturated carbocycles. The summed E-state index contributed by atoms with van der Waals surface area (Å²) in [4.78, 5) is 42.6. The van der Waals surface area contributed by atoms with Crippen molar-refractivity contribution in [2.24, 2.45) is 0 Å². The fourth-order valence-corrected chi connectivity index (χ4v) is 4.73. The number of para-hydroxylation sites is 1. The van der Waals surface area contributed by atoms with E-state index in [0.29, 0.717) is 27.8 Å². The summed E-state index contributed by atoms with van der Waals surface area (Å²) in [7, 11) is 1.56. The van der Waals surface area contributed by atoms with Gasteiger partial charge in [0.15, 0.2) is 6.61 Å². The number of fused-ring (bicyclic) bond motifs is 1. The first kappa shape index (κ1) is 32.3. The lowest BCUT2D eigenvalue weighted by molar-refractivity contribution is -0.145. The number of aromatic nitrogens is 1. The zero-order valence-corrected chi connectivity index (χ0v) is 25.9. The molecule has 0 aliphatic heterocycles. The monoisotopic (exact) mass is 635 g/mol. The Balaban J connectivity index is 1.33. The highest BCUT2D eigenvalue weighted by atomic mass is 35.5. The quantitative estimate of drug-likeness (QED) is 0.147. The Morgan fingerprint density at radius 3 is 2.50 bits per heavy atom. The summed E-state index contributed by atoms with van der Waals surface area (Å²) in [6.07, 6.45) is 2.91. The summed E-state index contributed by atoms with van der Waals surface area (Å²) in [5.41, 5.74) is 3.25. The molecule has 1 N–H and O–H groups in total. The maximum absolute atomic E-state index is 12.9. The van der Waals surface area contributed by atoms with Crippen molar-refractivity contribution in [2.45, 2.75) is 20.5 Å². The van der Waals surface area contributed by atoms with Gasteiger partial charge in [-0.05, 0) is 61.9 Å². The van der Waals surface area contributed by atoms with Crippen molar-refractivity contribution in [3.63, 3.8) is 0 Å². The minimum absolute atomic E-state index is 0.0578. The largest absolute Gasteiger partial charge is 0.487 e. The van der Waals surface area contributed by atoms with E-state index in [4.69, 9.17) is 37.4 Å². The second-order valence-electron chi connectivity index (χ2n) is 9.59. The van der Waals surface area contributed by atoms with Crippen molar-refractivity contribution in [2.75, 3.05) is 31.7 Å². The van der Waals surface area contributed by atoms with E-state index in [2.05, 4.69) is 10.3 Å². The predicted octanol–water partition coefficient (Wildman–Crippen LogP) is 6.16. The van der Waals surface area contributed by atoms with Crippen molar-refractivity contribution in [1.29, 1.82) is 0 Å². The Morgan fingerprint density at radius 2 is 1.75 bits per heavy atom. The molecule has 0 unspecified atom stereocenters. The molecule has 11 heteroatoms. The van der Waals surface area contributed by atoms with Gasteiger partial charge in [0.05, 0.1) is 23.9 Å². The molecule has 4 rings (SSSR count). The summed E-state index contributed by atoms with van der Waals surface area (Å²) in [6.45, 7) is 3.53. The van der Waals surface area contributed by atoms with Gasteiger partial charge in [-0.3, -0.25) is 9.59 Å². The van der Waals surface area contributed by atoms with Gasteiger partial charge in [0.2, 0.25) is 11.8 Å². The minimum atomic E-state index is -0.454. The molecule has 0 spiro atoms. The van der Waals surface area contributed by atoms with Crippen molar-refractivity contribution in [1.82, 2.24) is 10.3 Å². The maximum Gasteiger partial charge on any atom is 0.344 e. The van der Waals surface area contributed by atoms with Crippen LogP contribution in [0.15, 0.2) is 72.8 Å². The number of pyridine rings is 1. The summed E-state index contributed by atoms with van der Waals surface area (Å²) >= 11 is 13.2. The number of likely N-dealkylation sites (N-methyl/N-ethyl adjacent to an activating group) is 1. The Kier molecular flexibility index (Phi) is 11.2. The molecule has 3 aromatic carbocycles. The van der Waals surface area contributed by atoms with E-state index in [1.165, 1.54) is 11.0 Å². The normalized spacial score (nSPS) is 10.9. The van der Waals surface area contributed by atoms with Crippen LogP contribution in [-0.4, -0.2) is 49.6 Å². The Morgan fingerprint density at radius 1 is 0.977 bits per heavy atom. The van der Waals surface area contributed by atoms with Crippen LogP contribution in [0.3, 0.4) is 0 Å². The zero-order chi connectivity index (χ0) is 31.6. The van der Waals surface area contributed by atoms with Crippen LogP contribution in [-0.2, 0) is 25.7 Å². The first-order valence-corrected chi connectivity index (χ1v) is 14.5. The van der Waals surface area contributed by atoms with E-state index in [9.17, 15) is 14.4 Å². The molecule has 228 valence electrons. The van der Waals surface area contributed by atoms with Crippen LogP contribution in [0.2, 0.25) is 10.0 Å². The average molecular weight is 637 g/mol. The van der Waals surface area contributed by atoms with Crippen molar-refractivity contribution < 1.29 is 28.6 Å². The third kappa shape index (κ3) is 8.49. The van der Waals surface area contributed by atoms with E-state index in [1.54, 1.807) is 56.4 Å². The number of hydrogen-bond acceptors (Lipinski definition) is 7. The minimum Gasteiger partial charge on any atom is -0.487 e. The molecule has 0 aliphatic carbocycles. The van der Waals surface area contributed by atoms with E-state index in [-0.39, 0.29) is 37.3 Å². The fraction of sp³-hybridized carbons (Fsp3) is 0.212. The molecule has 44 heavy (non-hydrogen) atoms. The number of carbonyl (C=O) groups excluding carboxylic acids is 3. The molecule has 2 amide bonds. The van der Waals surface area contributed by atoms with Gasteiger partial charge in [-0.25, -0.2) is 9.78 Å². The molecular formula is C33H31Cl2N3O6. The van der Waals surface area contributed by atoms with E-state index in [1.807, 2.05) is 37.3 Å². The third-order valence-electron chi connectivity index (χ3n) is 6.48. The Bertz CT molecular complexity index is 1690. The SMILES string of the molecule is CCOC(=O)COc1ccc(C=CC(=O)NCC(=O)N(C)c2ccc(Cl)c(COc3cccc4ccc(C)nc34)c2Cl)cc1. The third-order valence-corrected chi connectivity index (χ3v) is 7.25. The number of hydrogen-bond donors (Lipinski definition) is 1. The number of halogens is 2. The number of nitrogens with zero attached hydrogens (tertiary/aromatic N) is 2. The van der Waals surface area contributed by atoms with E-state index >= 15 is 0 Å². The number of aryl methyl sites for hydroxylation is 1. The standard InChI is InChI=1S/C33H31Cl2N3O6/c1-4-42-31(41)20-43-24-13-9-22(10-14-24)11-17-29(39)36-18-30(40)38(3)27-16-15-26(34)25(32(27)35)19-44-28-7-5-6-23-12-8-21(2)37-33(23)28/h5-17H,4,18-20H2,1-3H3,(H,36,39). The lowest BCUT2D eigenvalue weighted by Gasteiger charge is -2.21. The van der Waals surface area contributed by atoms with Gasteiger partial charge in [0.25, 0.3) is 0 Å². The first-order valence-electron chi connectivity index (χ1n) is 13.7. The molecule has 0 radical (unpaired) electrons. The van der Waals surface area contributed by atoms with Gasteiger partial charge < -0.3 is 24.4 Å². The molecule has 0 atom stereocenters. The zero-order valence-electron chi connectivity index (χ0n) is 24.4. The number of anilines is 1. The summed E-state index contributed by atoms with van der Waals surface area (Å²) < 4.78 is 16.2. The van der Waals surface area contributed by atoms with Crippen molar-refractivity contribution >= 4 is 63.7 Å². The first-order chi connectivity index (χ1) is 21.2. The number of amides is 2. The van der Waals surface area contributed by atoms with E-state index in [0.717, 1.165) is 22.2 Å². The van der Waals surface area contributed by atoms with Crippen LogP contribution in [0, 0.1) is 6.92 Å². The molecule has 1 heterocycles. The molecule has 4 aromatic rings. The molecule has 1 aromatic heterocycles. The molecule has 0 saturated heterocycles. The second-order valence-corrected chi connectivity index (χ2v) is 10.4. The fourth-order valence-electron chi connectivity index (χ4n) is 4.13. The van der Waals surface area contributed by atoms with Crippen LogP contribution in [0.1, 0.15) is 23.7 Å². The van der Waals surface area contributed by atoms with Gasteiger partial charge in [0, 0.05) is 34.8 Å².